The minimum atomic E-state index is 0. The molecule has 1 aliphatic carbocycles. The first-order valence-corrected chi connectivity index (χ1v) is 7.02. The monoisotopic (exact) mass is 331 g/mol. The Morgan fingerprint density at radius 3 is 2.33 bits per heavy atom. The maximum absolute atomic E-state index is 12.5. The van der Waals surface area contributed by atoms with Gasteiger partial charge in [-0.25, -0.2) is 0 Å². The van der Waals surface area contributed by atoms with Crippen LogP contribution < -0.4 is 0 Å². The standard InChI is InChI=1S/C15H21N3O.2ClH/c1-17(2)14-10-18(9-13(14)11-3-4-11)15(19)12-5-7-16-8-6-12;;/h5-8,11,13-14H,3-4,9-10H2,1-2H3;2*1H/t13-,14+;;/m1../s1. The van der Waals surface area contributed by atoms with Crippen molar-refractivity contribution in [1.82, 2.24) is 14.8 Å². The fourth-order valence-corrected chi connectivity index (χ4v) is 3.19. The highest BCUT2D eigenvalue weighted by Crippen LogP contribution is 2.42. The number of rotatable bonds is 3. The number of amides is 1. The molecule has 2 atom stereocenters. The summed E-state index contributed by atoms with van der Waals surface area (Å²) in [6, 6.07) is 4.12. The number of likely N-dealkylation sites (N-methyl/N-ethyl adjacent to an activating group) is 1. The van der Waals surface area contributed by atoms with Crippen LogP contribution in [0.15, 0.2) is 24.5 Å². The van der Waals surface area contributed by atoms with Gasteiger partial charge >= 0.3 is 0 Å². The largest absolute Gasteiger partial charge is 0.337 e. The fraction of sp³-hybridized carbons (Fsp3) is 0.600. The van der Waals surface area contributed by atoms with Crippen LogP contribution in [-0.4, -0.2) is 53.9 Å². The van der Waals surface area contributed by atoms with E-state index in [1.807, 2.05) is 4.90 Å². The van der Waals surface area contributed by atoms with E-state index >= 15 is 0 Å². The van der Waals surface area contributed by atoms with Gasteiger partial charge in [0.2, 0.25) is 0 Å². The quantitative estimate of drug-likeness (QED) is 0.852. The van der Waals surface area contributed by atoms with Crippen LogP contribution in [0.25, 0.3) is 0 Å². The Balaban J connectivity index is 0.00000110. The van der Waals surface area contributed by atoms with Crippen molar-refractivity contribution in [3.63, 3.8) is 0 Å². The zero-order chi connectivity index (χ0) is 13.4. The van der Waals surface area contributed by atoms with Gasteiger partial charge in [0.15, 0.2) is 0 Å². The number of likely N-dealkylation sites (tertiary alicyclic amines) is 1. The lowest BCUT2D eigenvalue weighted by atomic mass is 9.97. The predicted octanol–water partition coefficient (Wildman–Crippen LogP) is 2.34. The van der Waals surface area contributed by atoms with E-state index < -0.39 is 0 Å². The van der Waals surface area contributed by atoms with Gasteiger partial charge in [0.25, 0.3) is 5.91 Å². The molecule has 21 heavy (non-hydrogen) atoms. The molecule has 2 aliphatic rings. The summed E-state index contributed by atoms with van der Waals surface area (Å²) in [5, 5.41) is 0. The number of aromatic nitrogens is 1. The average molecular weight is 332 g/mol. The van der Waals surface area contributed by atoms with Gasteiger partial charge in [-0.2, -0.15) is 0 Å². The highest BCUT2D eigenvalue weighted by molar-refractivity contribution is 5.94. The summed E-state index contributed by atoms with van der Waals surface area (Å²) in [5.74, 6) is 1.64. The normalized spacial score (nSPS) is 24.4. The second-order valence-corrected chi connectivity index (χ2v) is 5.98. The third-order valence-electron chi connectivity index (χ3n) is 4.44. The number of hydrogen-bond acceptors (Lipinski definition) is 3. The molecule has 0 spiro atoms. The minimum absolute atomic E-state index is 0. The van der Waals surface area contributed by atoms with Crippen molar-refractivity contribution in [2.45, 2.75) is 18.9 Å². The van der Waals surface area contributed by atoms with Crippen LogP contribution in [0.2, 0.25) is 0 Å². The van der Waals surface area contributed by atoms with Gasteiger partial charge in [-0.05, 0) is 50.9 Å². The van der Waals surface area contributed by atoms with Gasteiger partial charge in [-0.3, -0.25) is 9.78 Å². The Morgan fingerprint density at radius 1 is 1.19 bits per heavy atom. The molecule has 1 aromatic rings. The van der Waals surface area contributed by atoms with Crippen molar-refractivity contribution in [2.24, 2.45) is 11.8 Å². The number of carbonyl (C=O) groups excluding carboxylic acids is 1. The molecule has 0 N–H and O–H groups in total. The number of halogens is 2. The van der Waals surface area contributed by atoms with Crippen molar-refractivity contribution in [1.29, 1.82) is 0 Å². The summed E-state index contributed by atoms with van der Waals surface area (Å²) >= 11 is 0. The summed E-state index contributed by atoms with van der Waals surface area (Å²) < 4.78 is 0. The van der Waals surface area contributed by atoms with E-state index in [4.69, 9.17) is 0 Å². The van der Waals surface area contributed by atoms with Crippen LogP contribution in [-0.2, 0) is 0 Å². The zero-order valence-corrected chi connectivity index (χ0v) is 14.1. The predicted molar refractivity (Wildman–Crippen MR) is 88.3 cm³/mol. The van der Waals surface area contributed by atoms with Crippen LogP contribution in [0.3, 0.4) is 0 Å². The average Bonchev–Trinajstić information content (AvgIpc) is 3.17. The van der Waals surface area contributed by atoms with E-state index in [0.717, 1.165) is 24.6 Å². The molecule has 0 unspecified atom stereocenters. The lowest BCUT2D eigenvalue weighted by Gasteiger charge is -2.24. The molecule has 1 saturated heterocycles. The second kappa shape index (κ2) is 7.43. The van der Waals surface area contributed by atoms with Gasteiger partial charge in [-0.15, -0.1) is 24.8 Å². The molecule has 2 fully saturated rings. The van der Waals surface area contributed by atoms with Gasteiger partial charge in [0, 0.05) is 37.1 Å². The van der Waals surface area contributed by atoms with Crippen molar-refractivity contribution < 1.29 is 4.79 Å². The first-order chi connectivity index (χ1) is 9.16. The Hall–Kier alpha value is -0.840. The molecule has 1 aliphatic heterocycles. The molecule has 6 heteroatoms. The minimum Gasteiger partial charge on any atom is -0.337 e. The molecule has 1 amide bonds. The van der Waals surface area contributed by atoms with Gasteiger partial charge < -0.3 is 9.80 Å². The van der Waals surface area contributed by atoms with Gasteiger partial charge in [-0.1, -0.05) is 0 Å². The summed E-state index contributed by atoms with van der Waals surface area (Å²) in [4.78, 5) is 20.8. The molecule has 0 radical (unpaired) electrons. The van der Waals surface area contributed by atoms with Crippen LogP contribution in [0, 0.1) is 11.8 Å². The number of hydrogen-bond donors (Lipinski definition) is 0. The van der Waals surface area contributed by atoms with E-state index in [0.29, 0.717) is 12.0 Å². The first kappa shape index (κ1) is 18.2. The van der Waals surface area contributed by atoms with E-state index in [1.165, 1.54) is 12.8 Å². The van der Waals surface area contributed by atoms with E-state index in [1.54, 1.807) is 24.5 Å². The molecular formula is C15H23Cl2N3O. The summed E-state index contributed by atoms with van der Waals surface area (Å²) in [6.07, 6.45) is 6.05. The van der Waals surface area contributed by atoms with Gasteiger partial charge in [0.05, 0.1) is 0 Å². The van der Waals surface area contributed by atoms with E-state index in [9.17, 15) is 4.79 Å². The molecule has 1 aromatic heterocycles. The number of nitrogens with zero attached hydrogens (tertiary/aromatic N) is 3. The highest BCUT2D eigenvalue weighted by atomic mass is 35.5. The molecular weight excluding hydrogens is 309 g/mol. The van der Waals surface area contributed by atoms with Crippen LogP contribution in [0.1, 0.15) is 23.2 Å². The SMILES string of the molecule is CN(C)[C@H]1CN(C(=O)c2ccncc2)C[C@@H]1C1CC1.Cl.Cl. The fourth-order valence-electron chi connectivity index (χ4n) is 3.19. The third-order valence-corrected chi connectivity index (χ3v) is 4.44. The Labute approximate surface area is 138 Å². The zero-order valence-electron chi connectivity index (χ0n) is 12.4. The molecule has 4 nitrogen and oxygen atoms in total. The molecule has 1 saturated carbocycles. The number of pyridine rings is 1. The highest BCUT2D eigenvalue weighted by Gasteiger charge is 2.44. The van der Waals surface area contributed by atoms with Crippen LogP contribution in [0.5, 0.6) is 0 Å². The molecule has 0 aromatic carbocycles. The second-order valence-electron chi connectivity index (χ2n) is 5.98. The topological polar surface area (TPSA) is 36.4 Å². The molecule has 3 rings (SSSR count). The summed E-state index contributed by atoms with van der Waals surface area (Å²) in [7, 11) is 4.25. The number of carbonyl (C=O) groups is 1. The van der Waals surface area contributed by atoms with Gasteiger partial charge in [0.1, 0.15) is 0 Å². The Bertz CT molecular complexity index is 455. The molecule has 0 bridgehead atoms. The summed E-state index contributed by atoms with van der Waals surface area (Å²) in [6.45, 7) is 1.77. The summed E-state index contributed by atoms with van der Waals surface area (Å²) in [5.41, 5.74) is 0.754. The van der Waals surface area contributed by atoms with Crippen LogP contribution in [0.4, 0.5) is 0 Å². The Morgan fingerprint density at radius 2 is 1.81 bits per heavy atom. The van der Waals surface area contributed by atoms with Crippen molar-refractivity contribution in [2.75, 3.05) is 27.2 Å². The van der Waals surface area contributed by atoms with Crippen LogP contribution >= 0.6 is 24.8 Å². The lowest BCUT2D eigenvalue weighted by molar-refractivity contribution is 0.0780. The molecule has 118 valence electrons. The lowest BCUT2D eigenvalue weighted by Crippen LogP contribution is -2.36. The van der Waals surface area contributed by atoms with Crippen molar-refractivity contribution >= 4 is 30.7 Å². The smallest absolute Gasteiger partial charge is 0.254 e. The van der Waals surface area contributed by atoms with E-state index in [-0.39, 0.29) is 30.7 Å². The van der Waals surface area contributed by atoms with Crippen molar-refractivity contribution in [3.05, 3.63) is 30.1 Å². The maximum atomic E-state index is 12.5. The molecule has 2 heterocycles. The Kier molecular flexibility index (Phi) is 6.44. The first-order valence-electron chi connectivity index (χ1n) is 7.02. The maximum Gasteiger partial charge on any atom is 0.254 e. The third kappa shape index (κ3) is 3.87. The van der Waals surface area contributed by atoms with Crippen molar-refractivity contribution in [3.8, 4) is 0 Å². The van der Waals surface area contributed by atoms with E-state index in [2.05, 4.69) is 24.0 Å².